The lowest BCUT2D eigenvalue weighted by molar-refractivity contribution is -0.132. The van der Waals surface area contributed by atoms with Gasteiger partial charge in [0.1, 0.15) is 0 Å². The number of esters is 1. The second kappa shape index (κ2) is 6.92. The molecule has 0 saturated heterocycles. The largest absolute Gasteiger partial charge is 0.431 e. The summed E-state index contributed by atoms with van der Waals surface area (Å²) in [5, 5.41) is 0. The van der Waals surface area contributed by atoms with E-state index < -0.39 is 0 Å². The summed E-state index contributed by atoms with van der Waals surface area (Å²) < 4.78 is 4.83. The van der Waals surface area contributed by atoms with Crippen molar-refractivity contribution in [1.82, 2.24) is 0 Å². The third-order valence-corrected chi connectivity index (χ3v) is 4.83. The zero-order valence-corrected chi connectivity index (χ0v) is 12.7. The molecule has 0 aromatic heterocycles. The molecule has 110 valence electrons. The SMILES string of the molecule is C=C1CCC(C)C(CCCC)C1C/C=C1\C=COC1=O. The summed E-state index contributed by atoms with van der Waals surface area (Å²) in [7, 11) is 0. The number of unbranched alkanes of at least 4 members (excludes halogenated alkanes) is 1. The van der Waals surface area contributed by atoms with Crippen LogP contribution >= 0.6 is 0 Å². The van der Waals surface area contributed by atoms with Crippen LogP contribution in [0.4, 0.5) is 0 Å². The quantitative estimate of drug-likeness (QED) is 0.409. The predicted molar refractivity (Wildman–Crippen MR) is 82.0 cm³/mol. The summed E-state index contributed by atoms with van der Waals surface area (Å²) in [5.74, 6) is 1.79. The Morgan fingerprint density at radius 3 is 2.95 bits per heavy atom. The molecular weight excluding hydrogens is 248 g/mol. The minimum atomic E-state index is -0.218. The Labute approximate surface area is 122 Å². The van der Waals surface area contributed by atoms with Crippen LogP contribution in [0.1, 0.15) is 52.4 Å². The minimum Gasteiger partial charge on any atom is -0.431 e. The molecule has 2 heteroatoms. The monoisotopic (exact) mass is 274 g/mol. The van der Waals surface area contributed by atoms with Crippen LogP contribution in [-0.2, 0) is 9.53 Å². The van der Waals surface area contributed by atoms with Gasteiger partial charge in [-0.05, 0) is 49.5 Å². The van der Waals surface area contributed by atoms with Gasteiger partial charge in [0, 0.05) is 0 Å². The van der Waals surface area contributed by atoms with Crippen molar-refractivity contribution >= 4 is 5.97 Å². The van der Waals surface area contributed by atoms with Gasteiger partial charge in [0.2, 0.25) is 0 Å². The number of ether oxygens (including phenoxy) is 1. The van der Waals surface area contributed by atoms with Gasteiger partial charge in [0.05, 0.1) is 11.8 Å². The topological polar surface area (TPSA) is 26.3 Å². The van der Waals surface area contributed by atoms with E-state index in [0.717, 1.165) is 24.7 Å². The maximum Gasteiger partial charge on any atom is 0.342 e. The molecule has 0 spiro atoms. The fourth-order valence-corrected chi connectivity index (χ4v) is 3.49. The average molecular weight is 274 g/mol. The van der Waals surface area contributed by atoms with Crippen LogP contribution in [0.25, 0.3) is 0 Å². The summed E-state index contributed by atoms with van der Waals surface area (Å²) in [5.41, 5.74) is 2.07. The van der Waals surface area contributed by atoms with Crippen molar-refractivity contribution in [3.05, 3.63) is 36.1 Å². The summed E-state index contributed by atoms with van der Waals surface area (Å²) >= 11 is 0. The van der Waals surface area contributed by atoms with Crippen molar-refractivity contribution in [3.63, 3.8) is 0 Å². The van der Waals surface area contributed by atoms with Gasteiger partial charge in [0.25, 0.3) is 0 Å². The Morgan fingerprint density at radius 1 is 1.50 bits per heavy atom. The van der Waals surface area contributed by atoms with E-state index in [1.165, 1.54) is 37.5 Å². The molecule has 0 aromatic rings. The first-order chi connectivity index (χ1) is 9.63. The molecule has 2 rings (SSSR count). The molecule has 2 aliphatic rings. The Kier molecular flexibility index (Phi) is 5.22. The Balaban J connectivity index is 2.06. The first-order valence-electron chi connectivity index (χ1n) is 7.88. The minimum absolute atomic E-state index is 0.218. The average Bonchev–Trinajstić information content (AvgIpc) is 2.84. The molecule has 0 aromatic carbocycles. The van der Waals surface area contributed by atoms with E-state index in [1.54, 1.807) is 6.08 Å². The van der Waals surface area contributed by atoms with E-state index >= 15 is 0 Å². The van der Waals surface area contributed by atoms with E-state index in [4.69, 9.17) is 4.74 Å². The second-order valence-corrected chi connectivity index (χ2v) is 6.19. The number of allylic oxidation sites excluding steroid dienone is 2. The van der Waals surface area contributed by atoms with Gasteiger partial charge in [-0.15, -0.1) is 0 Å². The van der Waals surface area contributed by atoms with Gasteiger partial charge in [-0.3, -0.25) is 0 Å². The van der Waals surface area contributed by atoms with Crippen LogP contribution < -0.4 is 0 Å². The van der Waals surface area contributed by atoms with E-state index in [-0.39, 0.29) is 5.97 Å². The van der Waals surface area contributed by atoms with Crippen molar-refractivity contribution < 1.29 is 9.53 Å². The molecule has 1 fully saturated rings. The van der Waals surface area contributed by atoms with Gasteiger partial charge < -0.3 is 4.74 Å². The molecule has 20 heavy (non-hydrogen) atoms. The van der Waals surface area contributed by atoms with Crippen LogP contribution in [-0.4, -0.2) is 5.97 Å². The molecule has 1 aliphatic heterocycles. The van der Waals surface area contributed by atoms with Gasteiger partial charge in [-0.25, -0.2) is 4.79 Å². The van der Waals surface area contributed by atoms with Gasteiger partial charge >= 0.3 is 5.97 Å². The van der Waals surface area contributed by atoms with Crippen molar-refractivity contribution in [2.75, 3.05) is 0 Å². The predicted octanol–water partition coefficient (Wildman–Crippen LogP) is 4.78. The van der Waals surface area contributed by atoms with Crippen molar-refractivity contribution in [1.29, 1.82) is 0 Å². The lowest BCUT2D eigenvalue weighted by atomic mass is 9.67. The van der Waals surface area contributed by atoms with Gasteiger partial charge in [-0.1, -0.05) is 44.9 Å². The first-order valence-corrected chi connectivity index (χ1v) is 7.88. The van der Waals surface area contributed by atoms with E-state index in [2.05, 4.69) is 20.4 Å². The summed E-state index contributed by atoms with van der Waals surface area (Å²) in [6, 6.07) is 0. The number of rotatable bonds is 5. The summed E-state index contributed by atoms with van der Waals surface area (Å²) in [4.78, 5) is 11.5. The lowest BCUT2D eigenvalue weighted by Gasteiger charge is -2.38. The van der Waals surface area contributed by atoms with E-state index in [9.17, 15) is 4.79 Å². The smallest absolute Gasteiger partial charge is 0.342 e. The van der Waals surface area contributed by atoms with E-state index in [0.29, 0.717) is 11.5 Å². The molecule has 0 amide bonds. The number of hydrogen-bond acceptors (Lipinski definition) is 2. The number of carbonyl (C=O) groups excluding carboxylic acids is 1. The lowest BCUT2D eigenvalue weighted by Crippen LogP contribution is -2.28. The molecule has 0 bridgehead atoms. The Bertz CT molecular complexity index is 431. The highest BCUT2D eigenvalue weighted by Crippen LogP contribution is 2.42. The standard InChI is InChI=1S/C18H26O2/c1-4-5-6-16-13(2)7-8-14(3)17(16)10-9-15-11-12-20-18(15)19/h9,11-13,16-17H,3-8,10H2,1-2H3/b15-9+. The zero-order valence-electron chi connectivity index (χ0n) is 12.7. The molecule has 1 aliphatic carbocycles. The van der Waals surface area contributed by atoms with Gasteiger partial charge in [-0.2, -0.15) is 0 Å². The van der Waals surface area contributed by atoms with Gasteiger partial charge in [0.15, 0.2) is 0 Å². The number of carbonyl (C=O) groups is 1. The fraction of sp³-hybridized carbons (Fsp3) is 0.611. The number of hydrogen-bond donors (Lipinski definition) is 0. The Morgan fingerprint density at radius 2 is 2.30 bits per heavy atom. The molecule has 3 atom stereocenters. The molecule has 1 saturated carbocycles. The molecule has 2 nitrogen and oxygen atoms in total. The third-order valence-electron chi connectivity index (χ3n) is 4.83. The van der Waals surface area contributed by atoms with Crippen LogP contribution in [0, 0.1) is 17.8 Å². The maximum absolute atomic E-state index is 11.5. The zero-order chi connectivity index (χ0) is 14.5. The van der Waals surface area contributed by atoms with Crippen LogP contribution in [0.15, 0.2) is 36.1 Å². The van der Waals surface area contributed by atoms with Crippen LogP contribution in [0.5, 0.6) is 0 Å². The molecule has 3 unspecified atom stereocenters. The Hall–Kier alpha value is -1.31. The summed E-state index contributed by atoms with van der Waals surface area (Å²) in [6.07, 6.45) is 12.4. The number of cyclic esters (lactones) is 1. The highest BCUT2D eigenvalue weighted by molar-refractivity contribution is 5.94. The van der Waals surface area contributed by atoms with Crippen LogP contribution in [0.2, 0.25) is 0 Å². The third kappa shape index (κ3) is 3.41. The van der Waals surface area contributed by atoms with E-state index in [1.807, 2.05) is 6.08 Å². The van der Waals surface area contributed by atoms with Crippen LogP contribution in [0.3, 0.4) is 0 Å². The summed E-state index contributed by atoms with van der Waals surface area (Å²) in [6.45, 7) is 8.91. The molecule has 0 N–H and O–H groups in total. The molecule has 0 radical (unpaired) electrons. The van der Waals surface area contributed by atoms with Crippen molar-refractivity contribution in [2.45, 2.75) is 52.4 Å². The fourth-order valence-electron chi connectivity index (χ4n) is 3.49. The van der Waals surface area contributed by atoms with Crippen molar-refractivity contribution in [2.24, 2.45) is 17.8 Å². The highest BCUT2D eigenvalue weighted by atomic mass is 16.5. The second-order valence-electron chi connectivity index (χ2n) is 6.19. The molecule has 1 heterocycles. The maximum atomic E-state index is 11.5. The highest BCUT2D eigenvalue weighted by Gasteiger charge is 2.32. The first kappa shape index (κ1) is 15.1. The van der Waals surface area contributed by atoms with Crippen molar-refractivity contribution in [3.8, 4) is 0 Å². The molecular formula is C18H26O2. The normalized spacial score (nSPS) is 31.9.